The first-order chi connectivity index (χ1) is 15.1. The summed E-state index contributed by atoms with van der Waals surface area (Å²) in [5, 5.41) is 16.0. The molecule has 0 spiro atoms. The van der Waals surface area contributed by atoms with Crippen molar-refractivity contribution in [1.82, 2.24) is 20.2 Å². The summed E-state index contributed by atoms with van der Waals surface area (Å²) in [4.78, 5) is 23.9. The van der Waals surface area contributed by atoms with Gasteiger partial charge in [-0.1, -0.05) is 0 Å². The molecular weight excluding hydrogens is 415 g/mol. The van der Waals surface area contributed by atoms with Crippen LogP contribution in [0.25, 0.3) is 10.4 Å². The van der Waals surface area contributed by atoms with Gasteiger partial charge in [0.05, 0.1) is 22.6 Å². The van der Waals surface area contributed by atoms with Crippen molar-refractivity contribution in [2.24, 2.45) is 5.92 Å². The highest BCUT2D eigenvalue weighted by Gasteiger charge is 2.47. The van der Waals surface area contributed by atoms with Crippen molar-refractivity contribution in [2.45, 2.75) is 24.9 Å². The van der Waals surface area contributed by atoms with E-state index in [9.17, 15) is 14.4 Å². The minimum Gasteiger partial charge on any atom is -0.355 e. The molecule has 2 aliphatic rings. The predicted molar refractivity (Wildman–Crippen MR) is 115 cm³/mol. The molecule has 1 saturated carbocycles. The van der Waals surface area contributed by atoms with Crippen LogP contribution in [0.15, 0.2) is 48.9 Å². The van der Waals surface area contributed by atoms with E-state index < -0.39 is 0 Å². The lowest BCUT2D eigenvalue weighted by atomic mass is 10.1. The zero-order chi connectivity index (χ0) is 21.4. The quantitative estimate of drug-likeness (QED) is 0.594. The molecule has 9 heteroatoms. The molecule has 1 aliphatic heterocycles. The van der Waals surface area contributed by atoms with Crippen molar-refractivity contribution in [2.75, 3.05) is 11.9 Å². The van der Waals surface area contributed by atoms with E-state index in [2.05, 4.69) is 26.8 Å². The highest BCUT2D eigenvalue weighted by atomic mass is 32.1. The van der Waals surface area contributed by atoms with Gasteiger partial charge in [0.1, 0.15) is 5.82 Å². The molecule has 2 bridgehead atoms. The van der Waals surface area contributed by atoms with Crippen LogP contribution in [0.5, 0.6) is 0 Å². The molecule has 1 amide bonds. The lowest BCUT2D eigenvalue weighted by molar-refractivity contribution is 0.0929. The number of rotatable bonds is 5. The fourth-order valence-electron chi connectivity index (χ4n) is 4.43. The van der Waals surface area contributed by atoms with Crippen LogP contribution >= 0.6 is 11.3 Å². The zero-order valence-electron chi connectivity index (χ0n) is 16.5. The zero-order valence-corrected chi connectivity index (χ0v) is 17.3. The summed E-state index contributed by atoms with van der Waals surface area (Å²) in [6.07, 6.45) is 9.23. The largest absolute Gasteiger partial charge is 0.355 e. The Labute approximate surface area is 182 Å². The van der Waals surface area contributed by atoms with Gasteiger partial charge in [-0.25, -0.2) is 9.37 Å². The number of halogens is 1. The maximum Gasteiger partial charge on any atom is 0.280 e. The van der Waals surface area contributed by atoms with E-state index in [1.54, 1.807) is 35.6 Å². The van der Waals surface area contributed by atoms with Gasteiger partial charge in [-0.15, -0.1) is 11.3 Å². The van der Waals surface area contributed by atoms with E-state index in [0.29, 0.717) is 17.5 Å². The molecule has 156 valence electrons. The van der Waals surface area contributed by atoms with E-state index in [4.69, 9.17) is 0 Å². The molecule has 1 aliphatic carbocycles. The predicted octanol–water partition coefficient (Wildman–Crippen LogP) is 3.76. The summed E-state index contributed by atoms with van der Waals surface area (Å²) in [5.41, 5.74) is 2.34. The van der Waals surface area contributed by atoms with Crippen molar-refractivity contribution < 1.29 is 9.18 Å². The highest BCUT2D eigenvalue weighted by Crippen LogP contribution is 2.38. The van der Waals surface area contributed by atoms with Gasteiger partial charge in [-0.2, -0.15) is 5.26 Å². The van der Waals surface area contributed by atoms with Crippen LogP contribution in [-0.2, 0) is 0 Å². The first kappa shape index (κ1) is 19.5. The molecular formula is C22H19FN6OS. The number of nitrogens with zero attached hydrogens (tertiary/aromatic N) is 4. The number of thiazole rings is 1. The summed E-state index contributed by atoms with van der Waals surface area (Å²) >= 11 is 1.29. The number of anilines is 2. The molecule has 3 atom stereocenters. The first-order valence-corrected chi connectivity index (χ1v) is 10.8. The van der Waals surface area contributed by atoms with Crippen LogP contribution in [0.2, 0.25) is 0 Å². The number of amides is 1. The number of hydrogen-bond donors (Lipinski definition) is 2. The Morgan fingerprint density at radius 2 is 2.06 bits per heavy atom. The summed E-state index contributed by atoms with van der Waals surface area (Å²) in [7, 11) is 0. The van der Waals surface area contributed by atoms with Gasteiger partial charge in [0.2, 0.25) is 0 Å². The van der Waals surface area contributed by atoms with Gasteiger partial charge in [0, 0.05) is 36.4 Å². The lowest BCUT2D eigenvalue weighted by Crippen LogP contribution is -2.42. The van der Waals surface area contributed by atoms with Gasteiger partial charge >= 0.3 is 0 Å². The van der Waals surface area contributed by atoms with Crippen molar-refractivity contribution >= 4 is 28.6 Å². The number of fused-ring (bicyclic) bond motifs is 2. The Hall–Kier alpha value is -3.51. The van der Waals surface area contributed by atoms with E-state index >= 15 is 0 Å². The van der Waals surface area contributed by atoms with Gasteiger partial charge < -0.3 is 15.5 Å². The number of pyridine rings is 1. The summed E-state index contributed by atoms with van der Waals surface area (Å²) in [6, 6.07) is 8.00. The number of piperidine rings is 1. The molecule has 1 saturated heterocycles. The molecule has 2 N–H and O–H groups in total. The first-order valence-electron chi connectivity index (χ1n) is 10.0. The third-order valence-corrected chi connectivity index (χ3v) is 6.95. The number of carbonyl (C=O) groups excluding carboxylic acids is 1. The van der Waals surface area contributed by atoms with Crippen LogP contribution in [0.3, 0.4) is 0 Å². The molecule has 1 aromatic carbocycles. The van der Waals surface area contributed by atoms with Crippen molar-refractivity contribution in [3.63, 3.8) is 0 Å². The molecule has 3 heterocycles. The van der Waals surface area contributed by atoms with Crippen LogP contribution in [-0.4, -0.2) is 39.4 Å². The van der Waals surface area contributed by atoms with Gasteiger partial charge in [0.25, 0.3) is 5.91 Å². The summed E-state index contributed by atoms with van der Waals surface area (Å²) in [6.45, 7) is 0.712. The van der Waals surface area contributed by atoms with Crippen molar-refractivity contribution in [1.29, 1.82) is 5.26 Å². The number of likely N-dealkylation sites (tertiary alicyclic amines) is 1. The molecule has 5 rings (SSSR count). The van der Waals surface area contributed by atoms with Crippen molar-refractivity contribution in [3.05, 3.63) is 59.7 Å². The Kier molecular flexibility index (Phi) is 5.00. The van der Waals surface area contributed by atoms with Crippen LogP contribution < -0.4 is 10.6 Å². The fourth-order valence-corrected chi connectivity index (χ4v) is 5.28. The van der Waals surface area contributed by atoms with Gasteiger partial charge in [-0.05, 0) is 49.1 Å². The Morgan fingerprint density at radius 1 is 1.23 bits per heavy atom. The Morgan fingerprint density at radius 3 is 2.84 bits per heavy atom. The Balaban J connectivity index is 1.34. The second-order valence-electron chi connectivity index (χ2n) is 7.74. The van der Waals surface area contributed by atoms with Crippen LogP contribution in [0, 0.1) is 23.2 Å². The third-order valence-electron chi connectivity index (χ3n) is 5.92. The van der Waals surface area contributed by atoms with E-state index in [1.165, 1.54) is 23.5 Å². The number of aromatic nitrogens is 2. The number of carbonyl (C=O) groups is 1. The van der Waals surface area contributed by atoms with E-state index in [-0.39, 0.29) is 23.8 Å². The second kappa shape index (κ2) is 7.96. The van der Waals surface area contributed by atoms with Crippen LogP contribution in [0.1, 0.15) is 22.6 Å². The maximum atomic E-state index is 13.2. The molecule has 7 nitrogen and oxygen atoms in total. The highest BCUT2D eigenvalue weighted by molar-refractivity contribution is 7.17. The number of nitriles is 1. The molecule has 2 fully saturated rings. The fraction of sp³-hybridized carbons (Fsp3) is 0.273. The molecule has 2 aromatic heterocycles. The van der Waals surface area contributed by atoms with Crippen LogP contribution in [0.4, 0.5) is 15.8 Å². The van der Waals surface area contributed by atoms with Crippen molar-refractivity contribution in [3.8, 4) is 16.6 Å². The van der Waals surface area contributed by atoms with E-state index in [1.807, 2.05) is 6.07 Å². The SMILES string of the molecule is N#CN1CC2CCC1[C@@H]2NC(=O)c1ncc(-c2cnccc2Nc2ccc(F)cc2)s1. The minimum absolute atomic E-state index is 0.00593. The number of hydrogen-bond acceptors (Lipinski definition) is 7. The molecule has 2 unspecified atom stereocenters. The molecule has 3 aromatic rings. The van der Waals surface area contributed by atoms with Gasteiger partial charge in [0.15, 0.2) is 11.2 Å². The maximum absolute atomic E-state index is 13.2. The second-order valence-corrected chi connectivity index (χ2v) is 8.77. The van der Waals surface area contributed by atoms with E-state index in [0.717, 1.165) is 34.7 Å². The number of nitrogens with one attached hydrogen (secondary N) is 2. The molecule has 31 heavy (non-hydrogen) atoms. The normalized spacial score (nSPS) is 21.7. The average Bonchev–Trinajstić information content (AvgIpc) is 3.51. The monoisotopic (exact) mass is 434 g/mol. The Bertz CT molecular complexity index is 1160. The minimum atomic E-state index is -0.299. The van der Waals surface area contributed by atoms with Gasteiger partial charge in [-0.3, -0.25) is 9.78 Å². The average molecular weight is 435 g/mol. The summed E-state index contributed by atoms with van der Waals surface area (Å²) < 4.78 is 13.2. The molecule has 0 radical (unpaired) electrons. The third kappa shape index (κ3) is 3.70. The topological polar surface area (TPSA) is 93.9 Å². The standard InChI is InChI=1S/C22H19FN6OS/c23-14-2-4-15(5-3-14)27-17-7-8-25-9-16(17)19-10-26-22(31-19)21(30)28-20-13-1-6-18(20)29(11-13)12-24/h2-5,7-10,13,18,20H,1,6,11H2,(H,25,27)(H,28,30)/t13?,18?,20-/m1/s1. The summed E-state index contributed by atoms with van der Waals surface area (Å²) in [5.74, 6) is -0.194. The number of benzene rings is 1. The smallest absolute Gasteiger partial charge is 0.280 e. The lowest BCUT2D eigenvalue weighted by Gasteiger charge is -2.21.